The zero-order valence-corrected chi connectivity index (χ0v) is 12.6. The van der Waals surface area contributed by atoms with Gasteiger partial charge in [0.1, 0.15) is 17.9 Å². The van der Waals surface area contributed by atoms with Crippen LogP contribution in [0, 0.1) is 0 Å². The molecule has 0 saturated carbocycles. The summed E-state index contributed by atoms with van der Waals surface area (Å²) in [6, 6.07) is 5.63. The molecule has 0 fully saturated rings. The average Bonchev–Trinajstić information content (AvgIpc) is 2.86. The molecule has 1 aromatic carbocycles. The minimum absolute atomic E-state index is 0.154. The van der Waals surface area contributed by atoms with E-state index < -0.39 is 0 Å². The molecule has 2 N–H and O–H groups in total. The summed E-state index contributed by atoms with van der Waals surface area (Å²) in [5, 5.41) is 4.15. The first-order chi connectivity index (χ1) is 9.15. The first kappa shape index (κ1) is 14.0. The van der Waals surface area contributed by atoms with Crippen molar-refractivity contribution in [3.8, 4) is 5.75 Å². The van der Waals surface area contributed by atoms with Crippen molar-refractivity contribution < 1.29 is 4.74 Å². The van der Waals surface area contributed by atoms with Gasteiger partial charge in [-0.2, -0.15) is 5.10 Å². The van der Waals surface area contributed by atoms with Crippen molar-refractivity contribution in [1.29, 1.82) is 0 Å². The van der Waals surface area contributed by atoms with Crippen LogP contribution in [0.1, 0.15) is 24.4 Å². The van der Waals surface area contributed by atoms with Crippen LogP contribution in [0.25, 0.3) is 0 Å². The second-order valence-electron chi connectivity index (χ2n) is 4.19. The Morgan fingerprint density at radius 2 is 2.26 bits per heavy atom. The van der Waals surface area contributed by atoms with Gasteiger partial charge in [0.15, 0.2) is 0 Å². The number of rotatable bonds is 5. The Bertz CT molecular complexity index is 555. The lowest BCUT2D eigenvalue weighted by atomic mass is 10.0. The average molecular weight is 325 g/mol. The zero-order valence-electron chi connectivity index (χ0n) is 11.0. The summed E-state index contributed by atoms with van der Waals surface area (Å²) in [6.07, 6.45) is 2.20. The van der Waals surface area contributed by atoms with E-state index in [4.69, 9.17) is 10.5 Å². The molecule has 2 rings (SSSR count). The van der Waals surface area contributed by atoms with E-state index in [9.17, 15) is 0 Å². The highest BCUT2D eigenvalue weighted by molar-refractivity contribution is 9.10. The van der Waals surface area contributed by atoms with Gasteiger partial charge in [-0.25, -0.2) is 4.98 Å². The molecule has 1 unspecified atom stereocenters. The summed E-state index contributed by atoms with van der Waals surface area (Å²) < 4.78 is 8.06. The largest absolute Gasteiger partial charge is 0.497 e. The molecular formula is C13H17BrN4O. The van der Waals surface area contributed by atoms with Crippen LogP contribution in [-0.4, -0.2) is 21.9 Å². The van der Waals surface area contributed by atoms with Crippen molar-refractivity contribution in [1.82, 2.24) is 14.8 Å². The summed E-state index contributed by atoms with van der Waals surface area (Å²) in [6.45, 7) is 2.83. The Hall–Kier alpha value is -1.40. The number of nitrogens with two attached hydrogens (primary N) is 1. The third-order valence-corrected chi connectivity index (χ3v) is 3.72. The summed E-state index contributed by atoms with van der Waals surface area (Å²) in [4.78, 5) is 4.25. The monoisotopic (exact) mass is 324 g/mol. The van der Waals surface area contributed by atoms with Gasteiger partial charge in [-0.15, -0.1) is 0 Å². The predicted molar refractivity (Wildman–Crippen MR) is 77.0 cm³/mol. The van der Waals surface area contributed by atoms with Crippen LogP contribution in [-0.2, 0) is 13.0 Å². The minimum Gasteiger partial charge on any atom is -0.497 e. The van der Waals surface area contributed by atoms with Crippen molar-refractivity contribution in [2.45, 2.75) is 25.9 Å². The van der Waals surface area contributed by atoms with Gasteiger partial charge in [0.05, 0.1) is 7.11 Å². The van der Waals surface area contributed by atoms with E-state index in [0.717, 1.165) is 28.2 Å². The topological polar surface area (TPSA) is 66.0 Å². The van der Waals surface area contributed by atoms with Gasteiger partial charge in [0, 0.05) is 23.5 Å². The quantitative estimate of drug-likeness (QED) is 0.916. The summed E-state index contributed by atoms with van der Waals surface area (Å²) >= 11 is 3.52. The number of hydrogen-bond acceptors (Lipinski definition) is 4. The Morgan fingerprint density at radius 3 is 2.95 bits per heavy atom. The van der Waals surface area contributed by atoms with Crippen LogP contribution in [0.2, 0.25) is 0 Å². The fourth-order valence-electron chi connectivity index (χ4n) is 1.95. The SMILES string of the molecule is CCn1ncnc1CC(N)c1cc(OC)ccc1Br. The normalized spacial score (nSPS) is 12.4. The smallest absolute Gasteiger partial charge is 0.138 e. The van der Waals surface area contributed by atoms with Crippen molar-refractivity contribution in [2.24, 2.45) is 5.73 Å². The lowest BCUT2D eigenvalue weighted by Crippen LogP contribution is -2.17. The van der Waals surface area contributed by atoms with Gasteiger partial charge in [0.25, 0.3) is 0 Å². The first-order valence-electron chi connectivity index (χ1n) is 6.11. The molecule has 0 amide bonds. The third kappa shape index (κ3) is 3.13. The molecule has 1 heterocycles. The first-order valence-corrected chi connectivity index (χ1v) is 6.90. The van der Waals surface area contributed by atoms with E-state index in [1.54, 1.807) is 13.4 Å². The predicted octanol–water partition coefficient (Wildman–Crippen LogP) is 2.31. The summed E-state index contributed by atoms with van der Waals surface area (Å²) in [5.41, 5.74) is 7.27. The van der Waals surface area contributed by atoms with Crippen LogP contribution in [0.15, 0.2) is 29.0 Å². The number of aryl methyl sites for hydroxylation is 1. The fourth-order valence-corrected chi connectivity index (χ4v) is 2.49. The summed E-state index contributed by atoms with van der Waals surface area (Å²) in [7, 11) is 1.65. The van der Waals surface area contributed by atoms with E-state index in [1.165, 1.54) is 0 Å². The molecule has 6 heteroatoms. The maximum Gasteiger partial charge on any atom is 0.138 e. The standard InChI is InChI=1S/C13H17BrN4O/c1-3-18-13(16-8-17-18)7-12(15)10-6-9(19-2)4-5-11(10)14/h4-6,8,12H,3,7,15H2,1-2H3. The number of ether oxygens (including phenoxy) is 1. The molecule has 5 nitrogen and oxygen atoms in total. The van der Waals surface area contributed by atoms with Gasteiger partial charge in [-0.3, -0.25) is 4.68 Å². The minimum atomic E-state index is -0.154. The summed E-state index contributed by atoms with van der Waals surface area (Å²) in [5.74, 6) is 1.69. The molecule has 0 aliphatic rings. The molecule has 0 radical (unpaired) electrons. The van der Waals surface area contributed by atoms with Gasteiger partial charge < -0.3 is 10.5 Å². The molecule has 1 atom stereocenters. The molecule has 0 bridgehead atoms. The van der Waals surface area contributed by atoms with Crippen LogP contribution >= 0.6 is 15.9 Å². The van der Waals surface area contributed by atoms with Crippen LogP contribution in [0.5, 0.6) is 5.75 Å². The number of benzene rings is 1. The maximum absolute atomic E-state index is 6.27. The number of nitrogens with zero attached hydrogens (tertiary/aromatic N) is 3. The highest BCUT2D eigenvalue weighted by Crippen LogP contribution is 2.28. The Morgan fingerprint density at radius 1 is 1.47 bits per heavy atom. The molecular weight excluding hydrogens is 308 g/mol. The molecule has 0 spiro atoms. The fraction of sp³-hybridized carbons (Fsp3) is 0.385. The number of methoxy groups -OCH3 is 1. The molecule has 102 valence electrons. The number of aromatic nitrogens is 3. The van der Waals surface area contributed by atoms with E-state index >= 15 is 0 Å². The highest BCUT2D eigenvalue weighted by Gasteiger charge is 2.15. The lowest BCUT2D eigenvalue weighted by molar-refractivity contribution is 0.413. The van der Waals surface area contributed by atoms with Crippen molar-refractivity contribution >= 4 is 15.9 Å². The zero-order chi connectivity index (χ0) is 13.8. The van der Waals surface area contributed by atoms with E-state index in [2.05, 4.69) is 26.0 Å². The maximum atomic E-state index is 6.27. The lowest BCUT2D eigenvalue weighted by Gasteiger charge is -2.15. The molecule has 0 aliphatic heterocycles. The molecule has 0 saturated heterocycles. The molecule has 19 heavy (non-hydrogen) atoms. The van der Waals surface area contributed by atoms with Crippen molar-refractivity contribution in [3.05, 3.63) is 40.4 Å². The van der Waals surface area contributed by atoms with Gasteiger partial charge in [-0.1, -0.05) is 15.9 Å². The van der Waals surface area contributed by atoms with Crippen LogP contribution in [0.3, 0.4) is 0 Å². The number of hydrogen-bond donors (Lipinski definition) is 1. The highest BCUT2D eigenvalue weighted by atomic mass is 79.9. The van der Waals surface area contributed by atoms with E-state index in [1.807, 2.05) is 29.8 Å². The Kier molecular flexibility index (Phi) is 4.55. The van der Waals surface area contributed by atoms with E-state index in [0.29, 0.717) is 6.42 Å². The third-order valence-electron chi connectivity index (χ3n) is 3.00. The Labute approximate surface area is 120 Å². The number of halogens is 1. The molecule has 0 aliphatic carbocycles. The van der Waals surface area contributed by atoms with Crippen molar-refractivity contribution in [2.75, 3.05) is 7.11 Å². The molecule has 1 aromatic heterocycles. The van der Waals surface area contributed by atoms with E-state index in [-0.39, 0.29) is 6.04 Å². The Balaban J connectivity index is 2.22. The molecule has 2 aromatic rings. The van der Waals surface area contributed by atoms with Gasteiger partial charge >= 0.3 is 0 Å². The second-order valence-corrected chi connectivity index (χ2v) is 5.04. The van der Waals surface area contributed by atoms with Crippen LogP contribution in [0.4, 0.5) is 0 Å². The van der Waals surface area contributed by atoms with Gasteiger partial charge in [-0.05, 0) is 30.7 Å². The second kappa shape index (κ2) is 6.16. The van der Waals surface area contributed by atoms with Crippen LogP contribution < -0.4 is 10.5 Å². The van der Waals surface area contributed by atoms with Crippen molar-refractivity contribution in [3.63, 3.8) is 0 Å². The van der Waals surface area contributed by atoms with Gasteiger partial charge in [0.2, 0.25) is 0 Å².